The zero-order valence-corrected chi connectivity index (χ0v) is 25.3. The van der Waals surface area contributed by atoms with Gasteiger partial charge in [-0.05, 0) is 44.2 Å². The maximum Gasteiger partial charge on any atom is 0.261 e. The number of hydrogen-bond donors (Lipinski definition) is 0. The highest BCUT2D eigenvalue weighted by molar-refractivity contribution is 6.76. The van der Waals surface area contributed by atoms with Gasteiger partial charge in [0.25, 0.3) is 5.56 Å². The van der Waals surface area contributed by atoms with Crippen LogP contribution in [0.25, 0.3) is 16.8 Å². The fourth-order valence-electron chi connectivity index (χ4n) is 4.74. The Labute approximate surface area is 239 Å². The molecule has 3 aromatic heterocycles. The Balaban J connectivity index is 1.44. The SMILES string of the molecule is Cc1nc2c(-c3ccc(Cl)cc3F)cc(N3CCOC(c4cnn(COCC[Si](C)(C)C)c4)C3)cn2c(=O)c1C. The Kier molecular flexibility index (Phi) is 8.14. The molecule has 40 heavy (non-hydrogen) atoms. The second-order valence-corrected chi connectivity index (χ2v) is 17.6. The summed E-state index contributed by atoms with van der Waals surface area (Å²) in [6, 6.07) is 7.53. The van der Waals surface area contributed by atoms with E-state index in [0.717, 1.165) is 23.9 Å². The predicted octanol–water partition coefficient (Wildman–Crippen LogP) is 5.86. The molecule has 0 amide bonds. The van der Waals surface area contributed by atoms with Crippen molar-refractivity contribution in [3.05, 3.63) is 80.9 Å². The highest BCUT2D eigenvalue weighted by Crippen LogP contribution is 2.33. The molecule has 0 bridgehead atoms. The van der Waals surface area contributed by atoms with Crippen LogP contribution in [0, 0.1) is 19.7 Å². The third-order valence-corrected chi connectivity index (χ3v) is 9.22. The fraction of sp³-hybridized carbons (Fsp3) is 0.414. The first-order chi connectivity index (χ1) is 19.0. The van der Waals surface area contributed by atoms with Crippen LogP contribution in [-0.2, 0) is 16.2 Å². The number of morpholine rings is 1. The minimum atomic E-state index is -1.15. The molecule has 8 nitrogen and oxygen atoms in total. The molecular formula is C29H35ClFN5O3Si. The molecule has 1 fully saturated rings. The van der Waals surface area contributed by atoms with Gasteiger partial charge in [-0.1, -0.05) is 31.2 Å². The van der Waals surface area contributed by atoms with Gasteiger partial charge in [0, 0.05) is 73.1 Å². The van der Waals surface area contributed by atoms with E-state index in [0.29, 0.717) is 59.5 Å². The molecule has 0 N–H and O–H groups in total. The van der Waals surface area contributed by atoms with Crippen molar-refractivity contribution >= 4 is 31.0 Å². The van der Waals surface area contributed by atoms with Gasteiger partial charge in [-0.15, -0.1) is 0 Å². The summed E-state index contributed by atoms with van der Waals surface area (Å²) in [6.07, 6.45) is 5.33. The maximum absolute atomic E-state index is 15.1. The Morgan fingerprint density at radius 2 is 1.98 bits per heavy atom. The molecule has 1 saturated heterocycles. The molecule has 0 saturated carbocycles. The van der Waals surface area contributed by atoms with Gasteiger partial charge in [-0.25, -0.2) is 14.1 Å². The van der Waals surface area contributed by atoms with Crippen LogP contribution in [0.2, 0.25) is 30.7 Å². The van der Waals surface area contributed by atoms with Crippen LogP contribution in [0.4, 0.5) is 10.1 Å². The van der Waals surface area contributed by atoms with Gasteiger partial charge in [-0.2, -0.15) is 5.10 Å². The number of anilines is 1. The fourth-order valence-corrected chi connectivity index (χ4v) is 5.65. The van der Waals surface area contributed by atoms with E-state index in [1.54, 1.807) is 36.9 Å². The summed E-state index contributed by atoms with van der Waals surface area (Å²) >= 11 is 6.03. The second kappa shape index (κ2) is 11.4. The molecule has 212 valence electrons. The number of aryl methyl sites for hydroxylation is 1. The molecule has 0 radical (unpaired) electrons. The van der Waals surface area contributed by atoms with Gasteiger partial charge in [0.05, 0.1) is 18.5 Å². The normalized spacial score (nSPS) is 16.2. The number of pyridine rings is 1. The zero-order chi connectivity index (χ0) is 28.6. The second-order valence-electron chi connectivity index (χ2n) is 11.5. The van der Waals surface area contributed by atoms with Crippen molar-refractivity contribution < 1.29 is 13.9 Å². The monoisotopic (exact) mass is 583 g/mol. The smallest absolute Gasteiger partial charge is 0.261 e. The number of ether oxygens (including phenoxy) is 2. The lowest BCUT2D eigenvalue weighted by Gasteiger charge is -2.34. The first-order valence-electron chi connectivity index (χ1n) is 13.5. The van der Waals surface area contributed by atoms with Crippen molar-refractivity contribution in [1.82, 2.24) is 19.2 Å². The Hall–Kier alpha value is -3.05. The number of rotatable bonds is 8. The summed E-state index contributed by atoms with van der Waals surface area (Å²) in [5, 5.41) is 4.77. The van der Waals surface area contributed by atoms with Gasteiger partial charge in [0.15, 0.2) is 0 Å². The minimum Gasteiger partial charge on any atom is -0.370 e. The van der Waals surface area contributed by atoms with E-state index in [-0.39, 0.29) is 11.7 Å². The van der Waals surface area contributed by atoms with E-state index in [1.807, 2.05) is 18.5 Å². The number of benzene rings is 1. The van der Waals surface area contributed by atoms with Crippen molar-refractivity contribution in [3.63, 3.8) is 0 Å². The van der Waals surface area contributed by atoms with E-state index in [9.17, 15) is 4.79 Å². The van der Waals surface area contributed by atoms with E-state index >= 15 is 4.39 Å². The van der Waals surface area contributed by atoms with Crippen LogP contribution in [-0.4, -0.2) is 53.5 Å². The van der Waals surface area contributed by atoms with E-state index in [4.69, 9.17) is 21.1 Å². The summed E-state index contributed by atoms with van der Waals surface area (Å²) in [6.45, 7) is 13.3. The Morgan fingerprint density at radius 3 is 2.73 bits per heavy atom. The minimum absolute atomic E-state index is 0.180. The van der Waals surface area contributed by atoms with Gasteiger partial charge in [0.1, 0.15) is 24.3 Å². The summed E-state index contributed by atoms with van der Waals surface area (Å²) < 4.78 is 30.4. The quantitative estimate of drug-likeness (QED) is 0.191. The lowest BCUT2D eigenvalue weighted by Crippen LogP contribution is -2.38. The topological polar surface area (TPSA) is 73.9 Å². The molecule has 0 aliphatic carbocycles. The number of halogens is 2. The third-order valence-electron chi connectivity index (χ3n) is 7.28. The van der Waals surface area contributed by atoms with Crippen molar-refractivity contribution in [2.45, 2.75) is 52.4 Å². The van der Waals surface area contributed by atoms with Crippen molar-refractivity contribution in [2.75, 3.05) is 31.2 Å². The summed E-state index contributed by atoms with van der Waals surface area (Å²) in [4.78, 5) is 20.1. The van der Waals surface area contributed by atoms with Crippen molar-refractivity contribution in [3.8, 4) is 11.1 Å². The zero-order valence-electron chi connectivity index (χ0n) is 23.6. The highest BCUT2D eigenvalue weighted by Gasteiger charge is 2.25. The third kappa shape index (κ3) is 6.15. The number of fused-ring (bicyclic) bond motifs is 1. The maximum atomic E-state index is 15.1. The average molecular weight is 584 g/mol. The molecule has 4 heterocycles. The largest absolute Gasteiger partial charge is 0.370 e. The lowest BCUT2D eigenvalue weighted by molar-refractivity contribution is 0.0393. The van der Waals surface area contributed by atoms with Crippen molar-refractivity contribution in [2.24, 2.45) is 0 Å². The number of nitrogens with zero attached hydrogens (tertiary/aromatic N) is 5. The van der Waals surface area contributed by atoms with Crippen LogP contribution >= 0.6 is 11.6 Å². The molecule has 5 rings (SSSR count). The number of aromatic nitrogens is 4. The molecule has 1 atom stereocenters. The van der Waals surface area contributed by atoms with Crippen LogP contribution in [0.5, 0.6) is 0 Å². The highest BCUT2D eigenvalue weighted by atomic mass is 35.5. The van der Waals surface area contributed by atoms with Gasteiger partial charge in [-0.3, -0.25) is 9.20 Å². The van der Waals surface area contributed by atoms with Crippen LogP contribution in [0.15, 0.2) is 47.7 Å². The molecule has 1 aliphatic heterocycles. The molecule has 11 heteroatoms. The van der Waals surface area contributed by atoms with Gasteiger partial charge >= 0.3 is 0 Å². The summed E-state index contributed by atoms with van der Waals surface area (Å²) in [5.74, 6) is -0.474. The Bertz CT molecular complexity index is 1600. The van der Waals surface area contributed by atoms with E-state index in [2.05, 4.69) is 34.6 Å². The van der Waals surface area contributed by atoms with Gasteiger partial charge < -0.3 is 14.4 Å². The van der Waals surface area contributed by atoms with E-state index < -0.39 is 13.9 Å². The lowest BCUT2D eigenvalue weighted by atomic mass is 10.0. The molecule has 1 aromatic carbocycles. The molecule has 0 spiro atoms. The standard InChI is InChI=1S/C29H35ClFN5O3Si/c1-19-20(2)33-28-25(24-7-6-22(30)12-26(24)31)13-23(16-36(28)29(19)37)34-8-9-39-27(17-34)21-14-32-35(15-21)18-38-10-11-40(3,4)5/h6-7,12-16,27H,8-11,17-18H2,1-5H3. The molecule has 4 aromatic rings. The van der Waals surface area contributed by atoms with Crippen LogP contribution < -0.4 is 10.5 Å². The van der Waals surface area contributed by atoms with Crippen LogP contribution in [0.3, 0.4) is 0 Å². The van der Waals surface area contributed by atoms with E-state index in [1.165, 1.54) is 10.5 Å². The summed E-state index contributed by atoms with van der Waals surface area (Å²) in [5.41, 5.74) is 3.97. The molecule has 1 aliphatic rings. The molecular weight excluding hydrogens is 549 g/mol. The molecule has 1 unspecified atom stereocenters. The average Bonchev–Trinajstić information content (AvgIpc) is 3.38. The first-order valence-corrected chi connectivity index (χ1v) is 17.5. The van der Waals surface area contributed by atoms with Crippen molar-refractivity contribution in [1.29, 1.82) is 0 Å². The Morgan fingerprint density at radius 1 is 1.18 bits per heavy atom. The van der Waals surface area contributed by atoms with Gasteiger partial charge in [0.2, 0.25) is 0 Å². The first kappa shape index (κ1) is 28.5. The van der Waals surface area contributed by atoms with Crippen LogP contribution in [0.1, 0.15) is 22.9 Å². The number of hydrogen-bond acceptors (Lipinski definition) is 6. The summed E-state index contributed by atoms with van der Waals surface area (Å²) in [7, 11) is -1.15. The predicted molar refractivity (Wildman–Crippen MR) is 159 cm³/mol.